The molecule has 0 aromatic heterocycles. The molecule has 120 valence electrons. The van der Waals surface area contributed by atoms with Gasteiger partial charge in [0.1, 0.15) is 0 Å². The van der Waals surface area contributed by atoms with Crippen molar-refractivity contribution in [2.24, 2.45) is 16.7 Å². The van der Waals surface area contributed by atoms with Crippen molar-refractivity contribution in [2.75, 3.05) is 6.54 Å². The summed E-state index contributed by atoms with van der Waals surface area (Å²) in [6, 6.07) is 0. The highest BCUT2D eigenvalue weighted by atomic mass is 15.1. The van der Waals surface area contributed by atoms with E-state index in [1.807, 2.05) is 0 Å². The Balaban J connectivity index is 2.83. The van der Waals surface area contributed by atoms with E-state index >= 15 is 0 Å². The molecule has 1 rings (SSSR count). The van der Waals surface area contributed by atoms with Crippen LogP contribution in [0.1, 0.15) is 68.2 Å². The molecule has 0 aliphatic heterocycles. The molecule has 1 aliphatic rings. The Labute approximate surface area is 132 Å². The Morgan fingerprint density at radius 2 is 1.86 bits per heavy atom. The summed E-state index contributed by atoms with van der Waals surface area (Å²) in [5.74, 6) is 0.742. The van der Waals surface area contributed by atoms with Crippen LogP contribution in [0.15, 0.2) is 35.7 Å². The minimum absolute atomic E-state index is 0.402. The van der Waals surface area contributed by atoms with Gasteiger partial charge in [0.15, 0.2) is 0 Å². The first-order valence-electron chi connectivity index (χ1n) is 8.48. The van der Waals surface area contributed by atoms with Crippen LogP contribution in [-0.2, 0) is 0 Å². The van der Waals surface area contributed by atoms with Gasteiger partial charge in [-0.25, -0.2) is 0 Å². The molecule has 1 aliphatic carbocycles. The first kappa shape index (κ1) is 18.1. The number of nitrogens with zero attached hydrogens (tertiary/aromatic N) is 1. The van der Waals surface area contributed by atoms with Crippen LogP contribution < -0.4 is 0 Å². The fraction of sp³-hybridized carbons (Fsp3) is 0.700. The number of allylic oxidation sites excluding steroid dienone is 5. The Morgan fingerprint density at radius 3 is 2.24 bits per heavy atom. The first-order valence-corrected chi connectivity index (χ1v) is 8.48. The van der Waals surface area contributed by atoms with Gasteiger partial charge in [-0.2, -0.15) is 0 Å². The van der Waals surface area contributed by atoms with Crippen molar-refractivity contribution in [3.05, 3.63) is 35.7 Å². The zero-order chi connectivity index (χ0) is 16.3. The molecular weight excluding hydrogens is 254 g/mol. The zero-order valence-electron chi connectivity index (χ0n) is 15.5. The van der Waals surface area contributed by atoms with E-state index in [0.29, 0.717) is 10.8 Å². The number of hydrogen-bond donors (Lipinski definition) is 0. The van der Waals surface area contributed by atoms with Crippen molar-refractivity contribution in [3.8, 4) is 0 Å². The molecule has 0 amide bonds. The molecule has 1 saturated carbocycles. The maximum Gasteiger partial charge on any atom is 0.0193 e. The van der Waals surface area contributed by atoms with E-state index < -0.39 is 0 Å². The molecule has 0 saturated heterocycles. The van der Waals surface area contributed by atoms with Gasteiger partial charge < -0.3 is 4.90 Å². The maximum absolute atomic E-state index is 2.45. The van der Waals surface area contributed by atoms with Crippen LogP contribution in [0.4, 0.5) is 0 Å². The molecule has 21 heavy (non-hydrogen) atoms. The van der Waals surface area contributed by atoms with Crippen LogP contribution in [0, 0.1) is 16.7 Å². The summed E-state index contributed by atoms with van der Waals surface area (Å²) in [6.07, 6.45) is 11.7. The smallest absolute Gasteiger partial charge is 0.0193 e. The van der Waals surface area contributed by atoms with Crippen LogP contribution in [0.2, 0.25) is 0 Å². The fourth-order valence-electron chi connectivity index (χ4n) is 3.64. The van der Waals surface area contributed by atoms with Crippen molar-refractivity contribution >= 4 is 0 Å². The lowest BCUT2D eigenvalue weighted by Crippen LogP contribution is -2.23. The monoisotopic (exact) mass is 289 g/mol. The Hall–Kier alpha value is -0.980. The third kappa shape index (κ3) is 3.81. The average Bonchev–Trinajstić information content (AvgIpc) is 3.14. The second kappa shape index (κ2) is 6.85. The maximum atomic E-state index is 2.45. The molecule has 1 heteroatoms. The largest absolute Gasteiger partial charge is 0.352 e. The third-order valence-electron chi connectivity index (χ3n) is 5.52. The summed E-state index contributed by atoms with van der Waals surface area (Å²) in [7, 11) is 0. The normalized spacial score (nSPS) is 27.3. The SMILES string of the molecule is C/C=C\C(C)=C(/C)N(/C=C/[C@H]1CC1(CC)C(C)(C)C)CC. The molecule has 0 aromatic rings. The van der Waals surface area contributed by atoms with E-state index in [-0.39, 0.29) is 0 Å². The molecule has 0 aromatic carbocycles. The van der Waals surface area contributed by atoms with Crippen molar-refractivity contribution < 1.29 is 0 Å². The standard InChI is InChI=1S/C20H35N/c1-9-12-16(4)17(5)21(11-3)14-13-18-15-20(18,10-2)19(6,7)8/h9,12-14,18H,10-11,15H2,1-8H3/b12-9-,14-13+,17-16+/t18-,20?/m0/s1. The lowest BCUT2D eigenvalue weighted by molar-refractivity contribution is 0.193. The summed E-state index contributed by atoms with van der Waals surface area (Å²) in [4.78, 5) is 2.37. The third-order valence-corrected chi connectivity index (χ3v) is 5.52. The second-order valence-electron chi connectivity index (χ2n) is 7.47. The van der Waals surface area contributed by atoms with Gasteiger partial charge in [-0.15, -0.1) is 0 Å². The quantitative estimate of drug-likeness (QED) is 0.530. The van der Waals surface area contributed by atoms with E-state index in [2.05, 4.69) is 84.7 Å². The predicted molar refractivity (Wildman–Crippen MR) is 95.0 cm³/mol. The summed E-state index contributed by atoms with van der Waals surface area (Å²) in [5.41, 5.74) is 3.61. The lowest BCUT2D eigenvalue weighted by Gasteiger charge is -2.31. The summed E-state index contributed by atoms with van der Waals surface area (Å²) < 4.78 is 0. The van der Waals surface area contributed by atoms with Crippen molar-refractivity contribution in [3.63, 3.8) is 0 Å². The van der Waals surface area contributed by atoms with Crippen LogP contribution in [-0.4, -0.2) is 11.4 Å². The molecule has 1 nitrogen and oxygen atoms in total. The highest BCUT2D eigenvalue weighted by Crippen LogP contribution is 2.65. The van der Waals surface area contributed by atoms with E-state index in [1.165, 1.54) is 24.1 Å². The lowest BCUT2D eigenvalue weighted by atomic mass is 9.74. The van der Waals surface area contributed by atoms with Gasteiger partial charge in [-0.1, -0.05) is 45.9 Å². The molecule has 2 atom stereocenters. The molecule has 0 bridgehead atoms. The predicted octanol–water partition coefficient (Wildman–Crippen LogP) is 6.15. The summed E-state index contributed by atoms with van der Waals surface area (Å²) in [5, 5.41) is 0. The van der Waals surface area contributed by atoms with E-state index in [9.17, 15) is 0 Å². The Morgan fingerprint density at radius 1 is 1.24 bits per heavy atom. The van der Waals surface area contributed by atoms with E-state index in [0.717, 1.165) is 12.5 Å². The molecular formula is C20H35N. The van der Waals surface area contributed by atoms with Crippen LogP contribution in [0.25, 0.3) is 0 Å². The molecule has 0 heterocycles. The Kier molecular flexibility index (Phi) is 5.90. The minimum atomic E-state index is 0.402. The summed E-state index contributed by atoms with van der Waals surface area (Å²) in [6.45, 7) is 19.3. The highest BCUT2D eigenvalue weighted by Gasteiger charge is 2.57. The van der Waals surface area contributed by atoms with Crippen molar-refractivity contribution in [2.45, 2.75) is 68.2 Å². The average molecular weight is 290 g/mol. The van der Waals surface area contributed by atoms with Gasteiger partial charge in [0.25, 0.3) is 0 Å². The molecule has 0 spiro atoms. The molecule has 0 radical (unpaired) electrons. The minimum Gasteiger partial charge on any atom is -0.352 e. The molecule has 0 N–H and O–H groups in total. The van der Waals surface area contributed by atoms with E-state index in [1.54, 1.807) is 0 Å². The van der Waals surface area contributed by atoms with Gasteiger partial charge in [0.2, 0.25) is 0 Å². The fourth-order valence-corrected chi connectivity index (χ4v) is 3.64. The molecule has 1 unspecified atom stereocenters. The van der Waals surface area contributed by atoms with Crippen LogP contribution in [0.5, 0.6) is 0 Å². The van der Waals surface area contributed by atoms with Gasteiger partial charge >= 0.3 is 0 Å². The van der Waals surface area contributed by atoms with E-state index in [4.69, 9.17) is 0 Å². The van der Waals surface area contributed by atoms with Gasteiger partial charge in [0.05, 0.1) is 0 Å². The topological polar surface area (TPSA) is 3.24 Å². The van der Waals surface area contributed by atoms with Gasteiger partial charge in [-0.3, -0.25) is 0 Å². The number of rotatable bonds is 6. The zero-order valence-corrected chi connectivity index (χ0v) is 15.5. The Bertz CT molecular complexity index is 433. The van der Waals surface area contributed by atoms with Crippen LogP contribution in [0.3, 0.4) is 0 Å². The van der Waals surface area contributed by atoms with Crippen molar-refractivity contribution in [1.82, 2.24) is 4.90 Å². The highest BCUT2D eigenvalue weighted by molar-refractivity contribution is 5.23. The second-order valence-corrected chi connectivity index (χ2v) is 7.47. The van der Waals surface area contributed by atoms with Gasteiger partial charge in [0, 0.05) is 12.2 Å². The first-order chi connectivity index (χ1) is 9.73. The van der Waals surface area contributed by atoms with Gasteiger partial charge in [-0.05, 0) is 69.1 Å². The molecule has 1 fully saturated rings. The number of hydrogen-bond acceptors (Lipinski definition) is 1. The summed E-state index contributed by atoms with van der Waals surface area (Å²) >= 11 is 0. The van der Waals surface area contributed by atoms with Crippen molar-refractivity contribution in [1.29, 1.82) is 0 Å². The van der Waals surface area contributed by atoms with Crippen LogP contribution >= 0.6 is 0 Å².